The Balaban J connectivity index is 1.28. The predicted molar refractivity (Wildman–Crippen MR) is 147 cm³/mol. The van der Waals surface area contributed by atoms with Gasteiger partial charge in [-0.05, 0) is 108 Å². The number of benzene rings is 1. The van der Waals surface area contributed by atoms with Gasteiger partial charge in [-0.2, -0.15) is 4.31 Å². The average molecular weight is 577 g/mol. The number of nitrogens with zero attached hydrogens (tertiary/aromatic N) is 2. The fraction of sp³-hybridized carbons (Fsp3) is 0.714. The molecule has 2 N–H and O–H groups in total. The van der Waals surface area contributed by atoms with Crippen molar-refractivity contribution in [1.29, 1.82) is 0 Å². The van der Waals surface area contributed by atoms with Gasteiger partial charge >= 0.3 is 12.2 Å². The number of carbonyl (C=O) groups is 2. The minimum absolute atomic E-state index is 0.105. The van der Waals surface area contributed by atoms with Crippen molar-refractivity contribution in [3.05, 3.63) is 29.2 Å². The van der Waals surface area contributed by atoms with Crippen molar-refractivity contribution in [1.82, 2.24) is 14.9 Å². The smallest absolute Gasteiger partial charge is 0.408 e. The van der Waals surface area contributed by atoms with E-state index in [1.54, 1.807) is 12.1 Å². The Labute approximate surface area is 235 Å². The minimum atomic E-state index is -4.03. The number of sulfonamides is 1. The lowest BCUT2D eigenvalue weighted by atomic mass is 9.38. The van der Waals surface area contributed by atoms with Crippen LogP contribution in [-0.4, -0.2) is 60.3 Å². The molecule has 0 unspecified atom stereocenters. The van der Waals surface area contributed by atoms with Gasteiger partial charge in [0.05, 0.1) is 0 Å². The maximum Gasteiger partial charge on any atom is 0.408 e. The Morgan fingerprint density at radius 1 is 0.825 bits per heavy atom. The molecular weight excluding hydrogens is 536 g/mol. The Kier molecular flexibility index (Phi) is 6.39. The molecule has 220 valence electrons. The lowest BCUT2D eigenvalue weighted by Crippen LogP contribution is -2.79. The van der Waals surface area contributed by atoms with Crippen molar-refractivity contribution < 1.29 is 27.5 Å². The van der Waals surface area contributed by atoms with E-state index in [1.807, 2.05) is 41.5 Å². The predicted octanol–water partition coefficient (Wildman–Crippen LogP) is 4.97. The van der Waals surface area contributed by atoms with Crippen LogP contribution in [0.2, 0.25) is 0 Å². The number of alkyl carbamates (subject to hydrolysis) is 2. The number of ether oxygens (including phenoxy) is 2. The van der Waals surface area contributed by atoms with E-state index in [9.17, 15) is 22.9 Å². The van der Waals surface area contributed by atoms with Crippen LogP contribution in [0.3, 0.4) is 0 Å². The number of rotatable bonds is 9. The average Bonchev–Trinajstić information content (AvgIpc) is 2.70. The molecule has 6 fully saturated rings. The third kappa shape index (κ3) is 5.32. The van der Waals surface area contributed by atoms with Crippen molar-refractivity contribution in [3.8, 4) is 0 Å². The number of nitrogens with one attached hydrogen (secondary N) is 2. The molecule has 1 aromatic carbocycles. The molecule has 40 heavy (non-hydrogen) atoms. The summed E-state index contributed by atoms with van der Waals surface area (Å²) in [7, 11) is -4.03. The molecule has 7 rings (SSSR count). The van der Waals surface area contributed by atoms with Crippen LogP contribution >= 0.6 is 0 Å². The van der Waals surface area contributed by atoms with Crippen LogP contribution in [0.25, 0.3) is 0 Å². The van der Waals surface area contributed by atoms with E-state index in [0.717, 1.165) is 0 Å². The molecule has 0 aromatic heterocycles. The Morgan fingerprint density at radius 2 is 1.23 bits per heavy atom. The zero-order valence-electron chi connectivity index (χ0n) is 24.1. The summed E-state index contributed by atoms with van der Waals surface area (Å²) < 4.78 is 40.2. The van der Waals surface area contributed by atoms with Crippen LogP contribution in [0.4, 0.5) is 15.3 Å². The molecule has 1 aromatic rings. The van der Waals surface area contributed by atoms with Crippen LogP contribution < -0.4 is 10.6 Å². The molecule has 11 nitrogen and oxygen atoms in total. The first-order valence-electron chi connectivity index (χ1n) is 13.8. The van der Waals surface area contributed by atoms with E-state index < -0.39 is 33.4 Å². The molecule has 6 aliphatic rings. The quantitative estimate of drug-likeness (QED) is 0.395. The molecule has 6 saturated carbocycles. The van der Waals surface area contributed by atoms with E-state index in [0.29, 0.717) is 38.5 Å². The number of hydrogen-bond donors (Lipinski definition) is 2. The summed E-state index contributed by atoms with van der Waals surface area (Å²) in [6.07, 6.45) is 3.05. The second kappa shape index (κ2) is 8.88. The lowest BCUT2D eigenvalue weighted by Gasteiger charge is -2.73. The molecular formula is C28H40N4O7S. The number of carbonyl (C=O) groups excluding carboxylic acids is 2. The van der Waals surface area contributed by atoms with Gasteiger partial charge in [-0.25, -0.2) is 18.0 Å². The summed E-state index contributed by atoms with van der Waals surface area (Å²) in [4.78, 5) is 36.0. The SMILES string of the molecule is CC(C)(C)OC(=O)NC12CC(CN(CC34CC(NC(=O)OC(C)(C)C)(C3)C4)S(=O)(=O)c3ccccc3N=O)(C1)C2. The molecule has 0 atom stereocenters. The zero-order valence-corrected chi connectivity index (χ0v) is 24.9. The highest BCUT2D eigenvalue weighted by molar-refractivity contribution is 7.89. The maximum atomic E-state index is 14.0. The first kappa shape index (κ1) is 28.8. The van der Waals surface area contributed by atoms with E-state index in [1.165, 1.54) is 16.4 Å². The van der Waals surface area contributed by atoms with E-state index in [2.05, 4.69) is 15.8 Å². The maximum absolute atomic E-state index is 14.0. The van der Waals surface area contributed by atoms with Crippen molar-refractivity contribution in [3.63, 3.8) is 0 Å². The van der Waals surface area contributed by atoms with E-state index in [-0.39, 0.29) is 45.6 Å². The van der Waals surface area contributed by atoms with Gasteiger partial charge in [0.1, 0.15) is 21.8 Å². The fourth-order valence-electron chi connectivity index (χ4n) is 7.50. The van der Waals surface area contributed by atoms with Crippen molar-refractivity contribution in [2.75, 3.05) is 13.1 Å². The Bertz CT molecular complexity index is 1240. The first-order valence-corrected chi connectivity index (χ1v) is 15.2. The topological polar surface area (TPSA) is 143 Å². The summed E-state index contributed by atoms with van der Waals surface area (Å²) >= 11 is 0. The molecule has 0 radical (unpaired) electrons. The first-order chi connectivity index (χ1) is 18.3. The van der Waals surface area contributed by atoms with E-state index >= 15 is 0 Å². The van der Waals surface area contributed by atoms with Gasteiger partial charge in [-0.15, -0.1) is 4.91 Å². The Morgan fingerprint density at radius 3 is 1.60 bits per heavy atom. The third-order valence-electron chi connectivity index (χ3n) is 8.42. The zero-order chi connectivity index (χ0) is 29.4. The summed E-state index contributed by atoms with van der Waals surface area (Å²) in [6, 6.07) is 5.99. The van der Waals surface area contributed by atoms with Crippen LogP contribution in [0.15, 0.2) is 34.3 Å². The van der Waals surface area contributed by atoms with Gasteiger partial charge in [-0.1, -0.05) is 12.1 Å². The number of amides is 2. The number of hydrogen-bond acceptors (Lipinski definition) is 8. The summed E-state index contributed by atoms with van der Waals surface area (Å²) in [6.45, 7) is 11.4. The van der Waals surface area contributed by atoms with Gasteiger partial charge in [-0.3, -0.25) is 0 Å². The highest BCUT2D eigenvalue weighted by Crippen LogP contribution is 2.70. The molecule has 0 saturated heterocycles. The lowest BCUT2D eigenvalue weighted by molar-refractivity contribution is -0.180. The highest BCUT2D eigenvalue weighted by atomic mass is 32.2. The van der Waals surface area contributed by atoms with Crippen LogP contribution in [0, 0.1) is 15.7 Å². The van der Waals surface area contributed by atoms with Gasteiger partial charge in [0.15, 0.2) is 0 Å². The number of nitroso groups, excluding NO2 is 1. The van der Waals surface area contributed by atoms with Gasteiger partial charge in [0, 0.05) is 24.2 Å². The van der Waals surface area contributed by atoms with Gasteiger partial charge in [0.25, 0.3) is 0 Å². The van der Waals surface area contributed by atoms with Gasteiger partial charge < -0.3 is 20.1 Å². The largest absolute Gasteiger partial charge is 0.444 e. The van der Waals surface area contributed by atoms with Crippen LogP contribution in [0.5, 0.6) is 0 Å². The molecule has 0 aliphatic heterocycles. The van der Waals surface area contributed by atoms with Crippen molar-refractivity contribution in [2.24, 2.45) is 16.0 Å². The van der Waals surface area contributed by atoms with Crippen LogP contribution in [0.1, 0.15) is 80.1 Å². The second-order valence-electron chi connectivity index (χ2n) is 14.7. The molecule has 4 bridgehead atoms. The van der Waals surface area contributed by atoms with Gasteiger partial charge in [0.2, 0.25) is 10.0 Å². The monoisotopic (exact) mass is 576 g/mol. The third-order valence-corrected chi connectivity index (χ3v) is 10.3. The van der Waals surface area contributed by atoms with Crippen molar-refractivity contribution in [2.45, 2.75) is 107 Å². The molecule has 2 amide bonds. The minimum Gasteiger partial charge on any atom is -0.444 e. The second-order valence-corrected chi connectivity index (χ2v) is 16.6. The fourth-order valence-corrected chi connectivity index (χ4v) is 9.29. The Hall–Kier alpha value is -2.73. The molecule has 6 aliphatic carbocycles. The molecule has 0 heterocycles. The molecule has 0 spiro atoms. The summed E-state index contributed by atoms with van der Waals surface area (Å²) in [5, 5.41) is 8.93. The standard InChI is InChI=1S/C28H40N4O7S/c1-23(2,3)38-21(33)29-27-11-25(12-27,13-27)17-32(40(36,37)20-10-8-7-9-19(20)31-35)18-26-14-28(15-26,16-26)30-22(34)39-24(4,5)6/h7-10H,11-18H2,1-6H3,(H,29,33)(H,30,34). The summed E-state index contributed by atoms with van der Waals surface area (Å²) in [5.41, 5.74) is -2.55. The van der Waals surface area contributed by atoms with Crippen LogP contribution in [-0.2, 0) is 19.5 Å². The van der Waals surface area contributed by atoms with E-state index in [4.69, 9.17) is 9.47 Å². The summed E-state index contributed by atoms with van der Waals surface area (Å²) in [5.74, 6) is 0. The molecule has 12 heteroatoms. The highest BCUT2D eigenvalue weighted by Gasteiger charge is 2.72. The van der Waals surface area contributed by atoms with Crippen molar-refractivity contribution >= 4 is 27.9 Å². The normalized spacial score (nSPS) is 32.0.